The number of ether oxygens (including phenoxy) is 1. The molecule has 2 aromatic rings. The molecule has 2 N–H and O–H groups in total. The summed E-state index contributed by atoms with van der Waals surface area (Å²) in [6, 6.07) is 6.36. The molecule has 0 aliphatic heterocycles. The molecule has 18 heavy (non-hydrogen) atoms. The van der Waals surface area contributed by atoms with Crippen molar-refractivity contribution in [3.63, 3.8) is 0 Å². The van der Waals surface area contributed by atoms with Crippen molar-refractivity contribution in [1.29, 1.82) is 0 Å². The van der Waals surface area contributed by atoms with Gasteiger partial charge in [-0.1, -0.05) is 22.0 Å². The van der Waals surface area contributed by atoms with Gasteiger partial charge in [-0.15, -0.1) is 0 Å². The van der Waals surface area contributed by atoms with Crippen LogP contribution in [0.1, 0.15) is 11.1 Å². The summed E-state index contributed by atoms with van der Waals surface area (Å²) in [4.78, 5) is 0. The van der Waals surface area contributed by atoms with Gasteiger partial charge in [0.1, 0.15) is 0 Å². The molecule has 0 unspecified atom stereocenters. The first-order valence-corrected chi connectivity index (χ1v) is 6.67. The van der Waals surface area contributed by atoms with E-state index in [-0.39, 0.29) is 0 Å². The van der Waals surface area contributed by atoms with E-state index in [0.29, 0.717) is 6.61 Å². The first-order chi connectivity index (χ1) is 8.79. The molecule has 3 rings (SSSR count). The van der Waals surface area contributed by atoms with E-state index in [2.05, 4.69) is 49.6 Å². The number of rotatable bonds is 4. The molecule has 5 heteroatoms. The number of H-pyrrole nitrogens is 1. The third-order valence-electron chi connectivity index (χ3n) is 3.17. The minimum absolute atomic E-state index is 0.681. The second-order valence-electron chi connectivity index (χ2n) is 4.32. The Morgan fingerprint density at radius 3 is 3.22 bits per heavy atom. The van der Waals surface area contributed by atoms with E-state index in [4.69, 9.17) is 4.74 Å². The van der Waals surface area contributed by atoms with Gasteiger partial charge in [-0.3, -0.25) is 5.10 Å². The summed E-state index contributed by atoms with van der Waals surface area (Å²) in [6.07, 6.45) is 0.927. The number of aromatic nitrogens is 2. The van der Waals surface area contributed by atoms with Gasteiger partial charge in [-0.2, -0.15) is 5.10 Å². The van der Waals surface area contributed by atoms with Crippen molar-refractivity contribution in [2.45, 2.75) is 6.42 Å². The van der Waals surface area contributed by atoms with E-state index < -0.39 is 0 Å². The molecule has 1 aromatic carbocycles. The van der Waals surface area contributed by atoms with Crippen LogP contribution in [-0.2, 0) is 11.2 Å². The van der Waals surface area contributed by atoms with Gasteiger partial charge in [0, 0.05) is 35.7 Å². The second kappa shape index (κ2) is 4.74. The maximum Gasteiger partial charge on any atom is 0.152 e. The number of fused-ring (bicyclic) bond motifs is 3. The number of nitrogens with one attached hydrogen (secondary N) is 2. The molecule has 0 bridgehead atoms. The molecule has 0 atom stereocenters. The van der Waals surface area contributed by atoms with Crippen LogP contribution >= 0.6 is 15.9 Å². The summed E-state index contributed by atoms with van der Waals surface area (Å²) in [5, 5.41) is 10.7. The molecule has 0 spiro atoms. The first-order valence-electron chi connectivity index (χ1n) is 5.88. The Balaban J connectivity index is 1.88. The van der Waals surface area contributed by atoms with Gasteiger partial charge in [-0.25, -0.2) is 0 Å². The summed E-state index contributed by atoms with van der Waals surface area (Å²) in [7, 11) is 1.70. The Bertz CT molecular complexity index is 580. The van der Waals surface area contributed by atoms with Gasteiger partial charge < -0.3 is 10.1 Å². The van der Waals surface area contributed by atoms with Gasteiger partial charge in [0.2, 0.25) is 0 Å². The Kier molecular flexibility index (Phi) is 3.09. The van der Waals surface area contributed by atoms with Crippen molar-refractivity contribution in [1.82, 2.24) is 10.2 Å². The molecule has 0 fully saturated rings. The van der Waals surface area contributed by atoms with Crippen molar-refractivity contribution in [3.8, 4) is 11.3 Å². The summed E-state index contributed by atoms with van der Waals surface area (Å²) in [5.41, 5.74) is 4.97. The lowest BCUT2D eigenvalue weighted by Crippen LogP contribution is -2.09. The lowest BCUT2D eigenvalue weighted by molar-refractivity contribution is 0.210. The first kappa shape index (κ1) is 11.7. The van der Waals surface area contributed by atoms with Crippen molar-refractivity contribution in [2.75, 3.05) is 25.6 Å². The molecule has 1 aliphatic carbocycles. The van der Waals surface area contributed by atoms with Crippen LogP contribution in [0.2, 0.25) is 0 Å². The van der Waals surface area contributed by atoms with Crippen LogP contribution < -0.4 is 5.32 Å². The summed E-state index contributed by atoms with van der Waals surface area (Å²) < 4.78 is 6.15. The SMILES string of the molecule is COCCNc1n[nH]c2c1Cc1cc(Br)ccc1-2. The third-order valence-corrected chi connectivity index (χ3v) is 3.66. The molecular formula is C13H14BrN3O. The molecule has 0 saturated heterocycles. The monoisotopic (exact) mass is 307 g/mol. The van der Waals surface area contributed by atoms with E-state index in [0.717, 1.165) is 29.0 Å². The summed E-state index contributed by atoms with van der Waals surface area (Å²) >= 11 is 3.51. The van der Waals surface area contributed by atoms with Crippen molar-refractivity contribution >= 4 is 21.7 Å². The van der Waals surface area contributed by atoms with Gasteiger partial charge >= 0.3 is 0 Å². The number of hydrogen-bond donors (Lipinski definition) is 2. The fourth-order valence-electron chi connectivity index (χ4n) is 2.32. The van der Waals surface area contributed by atoms with Crippen molar-refractivity contribution in [3.05, 3.63) is 33.8 Å². The van der Waals surface area contributed by atoms with Gasteiger partial charge in [0.05, 0.1) is 12.3 Å². The van der Waals surface area contributed by atoms with Crippen LogP contribution in [0.4, 0.5) is 5.82 Å². The highest BCUT2D eigenvalue weighted by atomic mass is 79.9. The summed E-state index contributed by atoms with van der Waals surface area (Å²) in [6.45, 7) is 1.45. The molecule has 4 nitrogen and oxygen atoms in total. The average molecular weight is 308 g/mol. The molecule has 1 heterocycles. The minimum Gasteiger partial charge on any atom is -0.383 e. The Labute approximate surface area is 114 Å². The third kappa shape index (κ3) is 1.93. The number of methoxy groups -OCH3 is 1. The van der Waals surface area contributed by atoms with Gasteiger partial charge in [-0.05, 0) is 17.7 Å². The van der Waals surface area contributed by atoms with Crippen molar-refractivity contribution < 1.29 is 4.74 Å². The number of nitrogens with zero attached hydrogens (tertiary/aromatic N) is 1. The summed E-state index contributed by atoms with van der Waals surface area (Å²) in [5.74, 6) is 0.939. The Hall–Kier alpha value is -1.33. The number of anilines is 1. The fraction of sp³-hybridized carbons (Fsp3) is 0.308. The lowest BCUT2D eigenvalue weighted by atomic mass is 10.1. The number of halogens is 1. The number of benzene rings is 1. The lowest BCUT2D eigenvalue weighted by Gasteiger charge is -2.03. The van der Waals surface area contributed by atoms with Crippen LogP contribution in [0.3, 0.4) is 0 Å². The molecule has 1 aromatic heterocycles. The predicted molar refractivity (Wildman–Crippen MR) is 74.9 cm³/mol. The standard InChI is InChI=1S/C13H14BrN3O/c1-18-5-4-15-13-11-7-8-6-9(14)2-3-10(8)12(11)16-17-13/h2-3,6H,4-5,7H2,1H3,(H2,15,16,17). The molecule has 1 aliphatic rings. The normalized spacial score (nSPS) is 12.3. The highest BCUT2D eigenvalue weighted by molar-refractivity contribution is 9.10. The topological polar surface area (TPSA) is 49.9 Å². The highest BCUT2D eigenvalue weighted by Gasteiger charge is 2.24. The van der Waals surface area contributed by atoms with Crippen LogP contribution in [0, 0.1) is 0 Å². The molecule has 0 amide bonds. The maximum absolute atomic E-state index is 5.03. The molecule has 0 saturated carbocycles. The zero-order chi connectivity index (χ0) is 12.5. The fourth-order valence-corrected chi connectivity index (χ4v) is 2.73. The van der Waals surface area contributed by atoms with Crippen LogP contribution in [-0.4, -0.2) is 30.5 Å². The smallest absolute Gasteiger partial charge is 0.152 e. The minimum atomic E-state index is 0.681. The Morgan fingerprint density at radius 1 is 1.50 bits per heavy atom. The number of aromatic amines is 1. The van der Waals surface area contributed by atoms with Crippen molar-refractivity contribution in [2.24, 2.45) is 0 Å². The largest absolute Gasteiger partial charge is 0.383 e. The number of hydrogen-bond acceptors (Lipinski definition) is 3. The van der Waals surface area contributed by atoms with E-state index in [9.17, 15) is 0 Å². The van der Waals surface area contributed by atoms with E-state index in [1.54, 1.807) is 7.11 Å². The second-order valence-corrected chi connectivity index (χ2v) is 5.24. The predicted octanol–water partition coefficient (Wildman–Crippen LogP) is 2.80. The highest BCUT2D eigenvalue weighted by Crippen LogP contribution is 2.39. The Morgan fingerprint density at radius 2 is 2.39 bits per heavy atom. The molecule has 0 radical (unpaired) electrons. The van der Waals surface area contributed by atoms with Crippen LogP contribution in [0.5, 0.6) is 0 Å². The van der Waals surface area contributed by atoms with Crippen LogP contribution in [0.15, 0.2) is 22.7 Å². The molecule has 94 valence electrons. The van der Waals surface area contributed by atoms with Gasteiger partial charge in [0.25, 0.3) is 0 Å². The van der Waals surface area contributed by atoms with E-state index in [1.165, 1.54) is 16.7 Å². The average Bonchev–Trinajstić information content (AvgIpc) is 2.88. The zero-order valence-corrected chi connectivity index (χ0v) is 11.7. The quantitative estimate of drug-likeness (QED) is 0.729. The van der Waals surface area contributed by atoms with E-state index in [1.807, 2.05) is 0 Å². The molecular weight excluding hydrogens is 294 g/mol. The van der Waals surface area contributed by atoms with Gasteiger partial charge in [0.15, 0.2) is 5.82 Å². The van der Waals surface area contributed by atoms with E-state index >= 15 is 0 Å². The van der Waals surface area contributed by atoms with Crippen LogP contribution in [0.25, 0.3) is 11.3 Å². The zero-order valence-electron chi connectivity index (χ0n) is 10.1. The maximum atomic E-state index is 5.03.